The lowest BCUT2D eigenvalue weighted by molar-refractivity contribution is 0.256. The lowest BCUT2D eigenvalue weighted by Gasteiger charge is -2.16. The monoisotopic (exact) mass is 309 g/mol. The van der Waals surface area contributed by atoms with Gasteiger partial charge in [0.1, 0.15) is 16.5 Å². The van der Waals surface area contributed by atoms with Gasteiger partial charge in [-0.2, -0.15) is 9.98 Å². The van der Waals surface area contributed by atoms with E-state index in [1.165, 1.54) is 5.56 Å². The first-order valence-corrected chi connectivity index (χ1v) is 7.68. The number of likely N-dealkylation sites (N-methyl/N-ethyl adjacent to an activating group) is 1. The van der Waals surface area contributed by atoms with Gasteiger partial charge in [0, 0.05) is 13.1 Å². The molecule has 2 aromatic carbocycles. The molecule has 0 aromatic heterocycles. The van der Waals surface area contributed by atoms with Gasteiger partial charge in [-0.3, -0.25) is 0 Å². The van der Waals surface area contributed by atoms with Crippen LogP contribution in [0.4, 0.5) is 4.79 Å². The van der Waals surface area contributed by atoms with E-state index in [1.807, 2.05) is 12.1 Å². The van der Waals surface area contributed by atoms with Crippen LogP contribution in [0.2, 0.25) is 0 Å². The van der Waals surface area contributed by atoms with Gasteiger partial charge in [0.25, 0.3) is 0 Å². The Morgan fingerprint density at radius 1 is 0.957 bits per heavy atom. The molecule has 1 aliphatic rings. The van der Waals surface area contributed by atoms with Crippen LogP contribution < -0.4 is 10.7 Å². The minimum atomic E-state index is -0.541. The number of aromatic hydroxyl groups is 1. The standard InChI is InChI=1S/C18H19N3O2/c1-21(11-9-13-5-3-2-4-6-13)12-10-14-7-8-15(22)17-16(14)19-18(23)20-17/h2-8,22H,9-12H2,1H3. The SMILES string of the molecule is CN(CCc1ccccc1)CCc1ccc(O)c2c1=NC(=O)N=2. The number of carbonyl (C=O) groups excluding carboxylic acids is 1. The van der Waals surface area contributed by atoms with Crippen LogP contribution in [0, 0.1) is 0 Å². The molecule has 0 spiro atoms. The molecule has 2 aromatic rings. The van der Waals surface area contributed by atoms with Crippen molar-refractivity contribution >= 4 is 6.03 Å². The summed E-state index contributed by atoms with van der Waals surface area (Å²) in [4.78, 5) is 21.2. The van der Waals surface area contributed by atoms with Gasteiger partial charge < -0.3 is 10.0 Å². The fourth-order valence-corrected chi connectivity index (χ4v) is 2.65. The lowest BCUT2D eigenvalue weighted by atomic mass is 10.1. The van der Waals surface area contributed by atoms with E-state index in [0.29, 0.717) is 10.7 Å². The predicted octanol–water partition coefficient (Wildman–Crippen LogP) is 1.48. The Morgan fingerprint density at radius 3 is 2.43 bits per heavy atom. The third kappa shape index (κ3) is 3.63. The van der Waals surface area contributed by atoms with E-state index in [-0.39, 0.29) is 5.75 Å². The number of benzene rings is 2. The number of hydrogen-bond donors (Lipinski definition) is 1. The lowest BCUT2D eigenvalue weighted by Crippen LogP contribution is -2.30. The van der Waals surface area contributed by atoms with E-state index in [2.05, 4.69) is 46.2 Å². The maximum Gasteiger partial charge on any atom is 0.368 e. The Balaban J connectivity index is 1.62. The Hall–Kier alpha value is -2.53. The van der Waals surface area contributed by atoms with Crippen molar-refractivity contribution in [3.05, 3.63) is 64.3 Å². The van der Waals surface area contributed by atoms with E-state index < -0.39 is 6.03 Å². The Bertz CT molecular complexity index is 831. The summed E-state index contributed by atoms with van der Waals surface area (Å²) in [5.74, 6) is 0.00998. The number of fused-ring (bicyclic) bond motifs is 1. The van der Waals surface area contributed by atoms with Crippen LogP contribution in [0.3, 0.4) is 0 Å². The summed E-state index contributed by atoms with van der Waals surface area (Å²) >= 11 is 0. The average Bonchev–Trinajstić information content (AvgIpc) is 2.96. The predicted molar refractivity (Wildman–Crippen MR) is 87.2 cm³/mol. The molecule has 0 saturated heterocycles. The molecule has 0 atom stereocenters. The largest absolute Gasteiger partial charge is 0.506 e. The van der Waals surface area contributed by atoms with Crippen molar-refractivity contribution in [1.82, 2.24) is 4.90 Å². The fourth-order valence-electron chi connectivity index (χ4n) is 2.65. The van der Waals surface area contributed by atoms with Gasteiger partial charge >= 0.3 is 6.03 Å². The number of phenolic OH excluding ortho intramolecular Hbond substituents is 1. The molecule has 3 rings (SSSR count). The van der Waals surface area contributed by atoms with Gasteiger partial charge in [0.2, 0.25) is 0 Å². The molecule has 0 saturated carbocycles. The van der Waals surface area contributed by atoms with Gasteiger partial charge in [-0.25, -0.2) is 4.79 Å². The van der Waals surface area contributed by atoms with Crippen LogP contribution >= 0.6 is 0 Å². The van der Waals surface area contributed by atoms with Crippen molar-refractivity contribution in [2.24, 2.45) is 9.98 Å². The minimum Gasteiger partial charge on any atom is -0.506 e. The number of amides is 2. The molecule has 118 valence electrons. The highest BCUT2D eigenvalue weighted by molar-refractivity contribution is 5.78. The zero-order valence-corrected chi connectivity index (χ0v) is 13.1. The van der Waals surface area contributed by atoms with Crippen LogP contribution in [0.25, 0.3) is 0 Å². The average molecular weight is 309 g/mol. The van der Waals surface area contributed by atoms with Crippen molar-refractivity contribution in [1.29, 1.82) is 0 Å². The molecule has 1 aliphatic heterocycles. The summed E-state index contributed by atoms with van der Waals surface area (Å²) < 4.78 is 0. The molecule has 1 N–H and O–H groups in total. The Kier molecular flexibility index (Phi) is 4.48. The number of rotatable bonds is 6. The maximum atomic E-state index is 11.3. The molecule has 0 bridgehead atoms. The first kappa shape index (κ1) is 15.4. The number of nitrogens with zero attached hydrogens (tertiary/aromatic N) is 3. The second kappa shape index (κ2) is 6.71. The van der Waals surface area contributed by atoms with Crippen molar-refractivity contribution in [2.75, 3.05) is 20.1 Å². The normalized spacial score (nSPS) is 12.9. The first-order chi connectivity index (χ1) is 11.1. The summed E-state index contributed by atoms with van der Waals surface area (Å²) in [6.07, 6.45) is 1.77. The highest BCUT2D eigenvalue weighted by Gasteiger charge is 2.13. The number of carbonyl (C=O) groups is 1. The zero-order chi connectivity index (χ0) is 16.2. The highest BCUT2D eigenvalue weighted by atomic mass is 16.3. The molecule has 0 fully saturated rings. The molecule has 0 unspecified atom stereocenters. The van der Waals surface area contributed by atoms with E-state index in [1.54, 1.807) is 6.07 Å². The molecule has 0 aliphatic carbocycles. The molecule has 5 nitrogen and oxygen atoms in total. The summed E-state index contributed by atoms with van der Waals surface area (Å²) in [6.45, 7) is 1.82. The number of hydrogen-bond acceptors (Lipinski definition) is 3. The van der Waals surface area contributed by atoms with Crippen LogP contribution in [0.15, 0.2) is 52.4 Å². The minimum absolute atomic E-state index is 0.00998. The van der Waals surface area contributed by atoms with Gasteiger partial charge in [-0.15, -0.1) is 0 Å². The Morgan fingerprint density at radius 2 is 1.65 bits per heavy atom. The molecule has 1 heterocycles. The molecular weight excluding hydrogens is 290 g/mol. The van der Waals surface area contributed by atoms with Crippen LogP contribution in [-0.4, -0.2) is 36.2 Å². The second-order valence-corrected chi connectivity index (χ2v) is 5.74. The van der Waals surface area contributed by atoms with Gasteiger partial charge in [-0.1, -0.05) is 36.4 Å². The van der Waals surface area contributed by atoms with E-state index in [4.69, 9.17) is 0 Å². The van der Waals surface area contributed by atoms with Crippen molar-refractivity contribution in [3.8, 4) is 5.75 Å². The topological polar surface area (TPSA) is 65.3 Å². The quantitative estimate of drug-likeness (QED) is 0.879. The summed E-state index contributed by atoms with van der Waals surface area (Å²) in [7, 11) is 2.08. The zero-order valence-electron chi connectivity index (χ0n) is 13.1. The van der Waals surface area contributed by atoms with Gasteiger partial charge in [0.15, 0.2) is 0 Å². The first-order valence-electron chi connectivity index (χ1n) is 7.68. The smallest absolute Gasteiger partial charge is 0.368 e. The van der Waals surface area contributed by atoms with Crippen molar-refractivity contribution in [3.63, 3.8) is 0 Å². The van der Waals surface area contributed by atoms with E-state index in [9.17, 15) is 9.90 Å². The van der Waals surface area contributed by atoms with Crippen LogP contribution in [0.5, 0.6) is 5.75 Å². The van der Waals surface area contributed by atoms with E-state index in [0.717, 1.165) is 31.5 Å². The molecule has 2 amide bonds. The van der Waals surface area contributed by atoms with Crippen LogP contribution in [0.1, 0.15) is 11.1 Å². The van der Waals surface area contributed by atoms with Crippen molar-refractivity contribution in [2.45, 2.75) is 12.8 Å². The summed E-state index contributed by atoms with van der Waals surface area (Å²) in [5, 5.41) is 10.6. The third-order valence-electron chi connectivity index (χ3n) is 4.02. The van der Waals surface area contributed by atoms with E-state index >= 15 is 0 Å². The number of phenols is 1. The molecule has 5 heteroatoms. The number of urea groups is 1. The van der Waals surface area contributed by atoms with Gasteiger partial charge in [0.05, 0.1) is 0 Å². The molecule has 23 heavy (non-hydrogen) atoms. The summed E-state index contributed by atoms with van der Waals surface area (Å²) in [6, 6.07) is 13.2. The second-order valence-electron chi connectivity index (χ2n) is 5.74. The molecular formula is C18H19N3O2. The maximum absolute atomic E-state index is 11.3. The van der Waals surface area contributed by atoms with Gasteiger partial charge in [-0.05, 0) is 37.1 Å². The van der Waals surface area contributed by atoms with Crippen molar-refractivity contribution < 1.29 is 9.90 Å². The highest BCUT2D eigenvalue weighted by Crippen LogP contribution is 2.05. The molecule has 0 radical (unpaired) electrons. The third-order valence-corrected chi connectivity index (χ3v) is 4.02. The van der Waals surface area contributed by atoms with Crippen LogP contribution in [-0.2, 0) is 12.8 Å². The fraction of sp³-hybridized carbons (Fsp3) is 0.278. The summed E-state index contributed by atoms with van der Waals surface area (Å²) in [5.41, 5.74) is 2.27. The Labute approximate surface area is 134 Å².